The molecule has 1 rings (SSSR count). The van der Waals surface area contributed by atoms with Crippen molar-refractivity contribution in [2.45, 2.75) is 13.0 Å². The fourth-order valence-electron chi connectivity index (χ4n) is 1.11. The summed E-state index contributed by atoms with van der Waals surface area (Å²) in [6, 6.07) is 8.18. The largest absolute Gasteiger partial charge is 0.326 e. The minimum absolute atomic E-state index is 0.615. The number of benzene rings is 1. The first kappa shape index (κ1) is 8.02. The number of hydrogen-bond acceptors (Lipinski definition) is 1. The SMILES string of the molecule is C=CCc1ccccc1CN. The maximum atomic E-state index is 5.55. The molecule has 0 amide bonds. The molecule has 0 atom stereocenters. The molecule has 1 aromatic rings. The number of allylic oxidation sites excluding steroid dienone is 1. The second kappa shape index (κ2) is 3.94. The lowest BCUT2D eigenvalue weighted by molar-refractivity contribution is 1.03. The van der Waals surface area contributed by atoms with Crippen molar-refractivity contribution in [2.24, 2.45) is 5.73 Å². The van der Waals surface area contributed by atoms with Crippen LogP contribution in [0.5, 0.6) is 0 Å². The van der Waals surface area contributed by atoms with E-state index in [4.69, 9.17) is 5.73 Å². The Bertz CT molecular complexity index is 240. The average molecular weight is 147 g/mol. The third-order valence-electron chi connectivity index (χ3n) is 1.70. The van der Waals surface area contributed by atoms with Crippen molar-refractivity contribution < 1.29 is 0 Å². The molecular weight excluding hydrogens is 134 g/mol. The van der Waals surface area contributed by atoms with Crippen LogP contribution in [-0.4, -0.2) is 0 Å². The number of nitrogens with two attached hydrogens (primary N) is 1. The van der Waals surface area contributed by atoms with E-state index in [0.29, 0.717) is 6.54 Å². The van der Waals surface area contributed by atoms with Crippen molar-refractivity contribution in [2.75, 3.05) is 0 Å². The lowest BCUT2D eigenvalue weighted by atomic mass is 10.1. The van der Waals surface area contributed by atoms with Gasteiger partial charge < -0.3 is 5.73 Å². The van der Waals surface area contributed by atoms with Gasteiger partial charge in [-0.1, -0.05) is 30.3 Å². The van der Waals surface area contributed by atoms with Gasteiger partial charge >= 0.3 is 0 Å². The Labute approximate surface area is 67.5 Å². The Morgan fingerprint density at radius 2 is 1.91 bits per heavy atom. The highest BCUT2D eigenvalue weighted by atomic mass is 14.5. The lowest BCUT2D eigenvalue weighted by Gasteiger charge is -2.03. The Kier molecular flexibility index (Phi) is 2.87. The molecule has 0 saturated carbocycles. The summed E-state index contributed by atoms with van der Waals surface area (Å²) in [6.45, 7) is 4.31. The van der Waals surface area contributed by atoms with E-state index in [1.54, 1.807) is 0 Å². The summed E-state index contributed by atoms with van der Waals surface area (Å²) >= 11 is 0. The molecule has 0 bridgehead atoms. The summed E-state index contributed by atoms with van der Waals surface area (Å²) in [5.41, 5.74) is 8.04. The second-order valence-corrected chi connectivity index (χ2v) is 2.47. The molecular formula is C10H13N. The van der Waals surface area contributed by atoms with Gasteiger partial charge in [0.2, 0.25) is 0 Å². The standard InChI is InChI=1S/C10H13N/c1-2-5-9-6-3-4-7-10(9)8-11/h2-4,6-7H,1,5,8,11H2. The summed E-state index contributed by atoms with van der Waals surface area (Å²) in [7, 11) is 0. The zero-order valence-corrected chi connectivity index (χ0v) is 6.59. The minimum atomic E-state index is 0.615. The van der Waals surface area contributed by atoms with Crippen LogP contribution in [0.25, 0.3) is 0 Å². The summed E-state index contributed by atoms with van der Waals surface area (Å²) in [6.07, 6.45) is 2.81. The van der Waals surface area contributed by atoms with E-state index in [-0.39, 0.29) is 0 Å². The van der Waals surface area contributed by atoms with Crippen LogP contribution in [0.2, 0.25) is 0 Å². The Morgan fingerprint density at radius 3 is 2.45 bits per heavy atom. The van der Waals surface area contributed by atoms with Gasteiger partial charge in [0.15, 0.2) is 0 Å². The lowest BCUT2D eigenvalue weighted by Crippen LogP contribution is -2.00. The molecule has 0 unspecified atom stereocenters. The molecule has 58 valence electrons. The zero-order valence-electron chi connectivity index (χ0n) is 6.59. The normalized spacial score (nSPS) is 9.55. The van der Waals surface area contributed by atoms with E-state index in [0.717, 1.165) is 6.42 Å². The van der Waals surface area contributed by atoms with Crippen molar-refractivity contribution in [1.29, 1.82) is 0 Å². The maximum absolute atomic E-state index is 5.55. The Morgan fingerprint density at radius 1 is 1.27 bits per heavy atom. The van der Waals surface area contributed by atoms with E-state index >= 15 is 0 Å². The van der Waals surface area contributed by atoms with Gasteiger partial charge in [-0.25, -0.2) is 0 Å². The van der Waals surface area contributed by atoms with Crippen molar-refractivity contribution >= 4 is 0 Å². The maximum Gasteiger partial charge on any atom is 0.0180 e. The van der Waals surface area contributed by atoms with E-state index in [1.807, 2.05) is 18.2 Å². The van der Waals surface area contributed by atoms with Crippen molar-refractivity contribution in [1.82, 2.24) is 0 Å². The summed E-state index contributed by atoms with van der Waals surface area (Å²) in [5.74, 6) is 0. The highest BCUT2D eigenvalue weighted by Crippen LogP contribution is 2.08. The van der Waals surface area contributed by atoms with Crippen LogP contribution in [0.4, 0.5) is 0 Å². The molecule has 0 heterocycles. The van der Waals surface area contributed by atoms with Crippen LogP contribution in [0.15, 0.2) is 36.9 Å². The van der Waals surface area contributed by atoms with Gasteiger partial charge in [0, 0.05) is 6.54 Å². The van der Waals surface area contributed by atoms with Gasteiger partial charge in [-0.15, -0.1) is 6.58 Å². The van der Waals surface area contributed by atoms with Crippen LogP contribution in [0.1, 0.15) is 11.1 Å². The monoisotopic (exact) mass is 147 g/mol. The van der Waals surface area contributed by atoms with Gasteiger partial charge in [-0.2, -0.15) is 0 Å². The molecule has 0 aliphatic heterocycles. The van der Waals surface area contributed by atoms with Gasteiger partial charge in [0.05, 0.1) is 0 Å². The van der Waals surface area contributed by atoms with E-state index in [1.165, 1.54) is 11.1 Å². The first-order chi connectivity index (χ1) is 5.38. The van der Waals surface area contributed by atoms with Crippen molar-refractivity contribution in [3.05, 3.63) is 48.0 Å². The van der Waals surface area contributed by atoms with Crippen LogP contribution in [0, 0.1) is 0 Å². The van der Waals surface area contributed by atoms with Gasteiger partial charge in [-0.3, -0.25) is 0 Å². The van der Waals surface area contributed by atoms with Crippen LogP contribution in [0.3, 0.4) is 0 Å². The molecule has 0 aliphatic carbocycles. The molecule has 1 aromatic carbocycles. The minimum Gasteiger partial charge on any atom is -0.326 e. The van der Waals surface area contributed by atoms with Gasteiger partial charge in [0.25, 0.3) is 0 Å². The van der Waals surface area contributed by atoms with Crippen molar-refractivity contribution in [3.8, 4) is 0 Å². The zero-order chi connectivity index (χ0) is 8.10. The van der Waals surface area contributed by atoms with E-state index in [9.17, 15) is 0 Å². The van der Waals surface area contributed by atoms with Crippen molar-refractivity contribution in [3.63, 3.8) is 0 Å². The first-order valence-corrected chi connectivity index (χ1v) is 3.76. The predicted molar refractivity (Wildman–Crippen MR) is 48.2 cm³/mol. The molecule has 2 N–H and O–H groups in total. The number of rotatable bonds is 3. The molecule has 0 radical (unpaired) electrons. The quantitative estimate of drug-likeness (QED) is 0.649. The van der Waals surface area contributed by atoms with Gasteiger partial charge in [-0.05, 0) is 17.5 Å². The fourth-order valence-corrected chi connectivity index (χ4v) is 1.11. The number of hydrogen-bond donors (Lipinski definition) is 1. The molecule has 0 saturated heterocycles. The molecule has 1 nitrogen and oxygen atoms in total. The first-order valence-electron chi connectivity index (χ1n) is 3.76. The van der Waals surface area contributed by atoms with E-state index < -0.39 is 0 Å². The Hall–Kier alpha value is -1.08. The van der Waals surface area contributed by atoms with E-state index in [2.05, 4.69) is 18.7 Å². The summed E-state index contributed by atoms with van der Waals surface area (Å²) < 4.78 is 0. The molecule has 11 heavy (non-hydrogen) atoms. The highest BCUT2D eigenvalue weighted by Gasteiger charge is 1.95. The molecule has 0 spiro atoms. The molecule has 0 aliphatic rings. The van der Waals surface area contributed by atoms with Crippen LogP contribution in [-0.2, 0) is 13.0 Å². The molecule has 1 heteroatoms. The summed E-state index contributed by atoms with van der Waals surface area (Å²) in [5, 5.41) is 0. The molecule has 0 fully saturated rings. The second-order valence-electron chi connectivity index (χ2n) is 2.47. The average Bonchev–Trinajstić information content (AvgIpc) is 2.06. The highest BCUT2D eigenvalue weighted by molar-refractivity contribution is 5.28. The predicted octanol–water partition coefficient (Wildman–Crippen LogP) is 1.87. The summed E-state index contributed by atoms with van der Waals surface area (Å²) in [4.78, 5) is 0. The molecule has 0 aromatic heterocycles. The third-order valence-corrected chi connectivity index (χ3v) is 1.70. The Balaban J connectivity index is 2.92. The van der Waals surface area contributed by atoms with Crippen LogP contribution >= 0.6 is 0 Å². The fraction of sp³-hybridized carbons (Fsp3) is 0.200. The smallest absolute Gasteiger partial charge is 0.0180 e. The van der Waals surface area contributed by atoms with Crippen LogP contribution < -0.4 is 5.73 Å². The third kappa shape index (κ3) is 1.92. The topological polar surface area (TPSA) is 26.0 Å². The van der Waals surface area contributed by atoms with Gasteiger partial charge in [0.1, 0.15) is 0 Å².